The molecular formula is C29H34N6O7. The number of nitrogens with one attached hydrogen (secondary N) is 3. The van der Waals surface area contributed by atoms with E-state index in [9.17, 15) is 34.2 Å². The molecule has 1 aliphatic rings. The summed E-state index contributed by atoms with van der Waals surface area (Å²) in [6.07, 6.45) is 2.18. The Morgan fingerprint density at radius 1 is 1.00 bits per heavy atom. The first-order chi connectivity index (χ1) is 20.0. The fraction of sp³-hybridized carbons (Fsp3) is 0.345. The van der Waals surface area contributed by atoms with E-state index in [2.05, 4.69) is 15.6 Å². The first-order valence-electron chi connectivity index (χ1n) is 13.5. The van der Waals surface area contributed by atoms with Crippen molar-refractivity contribution in [3.63, 3.8) is 0 Å². The summed E-state index contributed by atoms with van der Waals surface area (Å²) in [5.74, 6) is -4.10. The maximum atomic E-state index is 13.5. The number of carboxylic acids is 1. The van der Waals surface area contributed by atoms with E-state index in [0.29, 0.717) is 24.9 Å². The number of aromatic amines is 1. The summed E-state index contributed by atoms with van der Waals surface area (Å²) >= 11 is 0. The van der Waals surface area contributed by atoms with Crippen LogP contribution in [-0.4, -0.2) is 80.4 Å². The summed E-state index contributed by atoms with van der Waals surface area (Å²) in [4.78, 5) is 67.7. The highest BCUT2D eigenvalue weighted by Gasteiger charge is 2.38. The van der Waals surface area contributed by atoms with Crippen molar-refractivity contribution in [3.05, 3.63) is 65.9 Å². The van der Waals surface area contributed by atoms with Crippen molar-refractivity contribution in [2.75, 3.05) is 6.54 Å². The number of hydrogen-bond donors (Lipinski definition) is 7. The quantitative estimate of drug-likeness (QED) is 0.153. The fourth-order valence-corrected chi connectivity index (χ4v) is 5.16. The van der Waals surface area contributed by atoms with Gasteiger partial charge in [0.2, 0.25) is 23.6 Å². The van der Waals surface area contributed by atoms with Crippen LogP contribution in [0.25, 0.3) is 10.9 Å². The van der Waals surface area contributed by atoms with E-state index >= 15 is 0 Å². The maximum Gasteiger partial charge on any atom is 0.326 e. The van der Waals surface area contributed by atoms with E-state index in [1.54, 1.807) is 18.3 Å². The number of nitrogens with two attached hydrogens (primary N) is 2. The number of phenols is 1. The lowest BCUT2D eigenvalue weighted by atomic mass is 10.0. The smallest absolute Gasteiger partial charge is 0.326 e. The van der Waals surface area contributed by atoms with E-state index in [4.69, 9.17) is 11.5 Å². The average molecular weight is 579 g/mol. The van der Waals surface area contributed by atoms with Crippen LogP contribution in [0.15, 0.2) is 54.7 Å². The molecule has 4 unspecified atom stereocenters. The van der Waals surface area contributed by atoms with Crippen molar-refractivity contribution in [1.29, 1.82) is 0 Å². The first-order valence-corrected chi connectivity index (χ1v) is 13.5. The number of H-pyrrole nitrogens is 1. The molecule has 222 valence electrons. The van der Waals surface area contributed by atoms with E-state index in [0.717, 1.165) is 16.5 Å². The standard InChI is InChI=1S/C29H34N6O7/c30-20(12-16-7-9-18(36)10-8-16)28(40)35-11-3-6-24(35)27(39)33-22(26(38)34-23(29(41)42)14-25(31)37)13-17-15-32-21-5-2-1-4-19(17)21/h1-2,4-5,7-10,15,20,22-24,32,36H,3,6,11-14,30H2,(H2,31,37)(H,33,39)(H,34,38)(H,41,42). The van der Waals surface area contributed by atoms with Crippen molar-refractivity contribution < 1.29 is 34.2 Å². The van der Waals surface area contributed by atoms with Gasteiger partial charge in [0.25, 0.3) is 0 Å². The van der Waals surface area contributed by atoms with Gasteiger partial charge in [0.1, 0.15) is 23.9 Å². The highest BCUT2D eigenvalue weighted by Crippen LogP contribution is 2.22. The van der Waals surface area contributed by atoms with Gasteiger partial charge in [-0.2, -0.15) is 0 Å². The molecule has 4 amide bonds. The Kier molecular flexibility index (Phi) is 9.42. The number of carbonyl (C=O) groups is 5. The topological polar surface area (TPSA) is 221 Å². The van der Waals surface area contributed by atoms with Crippen LogP contribution in [0.1, 0.15) is 30.4 Å². The van der Waals surface area contributed by atoms with Gasteiger partial charge in [-0.1, -0.05) is 30.3 Å². The number of aliphatic carboxylic acids is 1. The molecule has 1 saturated heterocycles. The predicted octanol–water partition coefficient (Wildman–Crippen LogP) is -0.0934. The molecule has 42 heavy (non-hydrogen) atoms. The number of primary amides is 1. The van der Waals surface area contributed by atoms with Crippen LogP contribution >= 0.6 is 0 Å². The predicted molar refractivity (Wildman–Crippen MR) is 152 cm³/mol. The Balaban J connectivity index is 1.51. The summed E-state index contributed by atoms with van der Waals surface area (Å²) in [5.41, 5.74) is 13.6. The van der Waals surface area contributed by atoms with Gasteiger partial charge >= 0.3 is 5.97 Å². The number of carbonyl (C=O) groups excluding carboxylic acids is 4. The molecule has 9 N–H and O–H groups in total. The van der Waals surface area contributed by atoms with Crippen LogP contribution in [0, 0.1) is 0 Å². The van der Waals surface area contributed by atoms with Crippen LogP contribution in [0.4, 0.5) is 0 Å². The van der Waals surface area contributed by atoms with Gasteiger partial charge in [0, 0.05) is 30.1 Å². The number of phenolic OH excluding ortho intramolecular Hbond substituents is 1. The van der Waals surface area contributed by atoms with Crippen molar-refractivity contribution in [2.24, 2.45) is 11.5 Å². The van der Waals surface area contributed by atoms with Crippen molar-refractivity contribution in [3.8, 4) is 5.75 Å². The molecule has 0 radical (unpaired) electrons. The number of nitrogens with zero attached hydrogens (tertiary/aromatic N) is 1. The SMILES string of the molecule is NC(=O)CC(NC(=O)C(Cc1c[nH]c2ccccc12)NC(=O)C1CCCN1C(=O)C(N)Cc1ccc(O)cc1)C(=O)O. The zero-order valence-electron chi connectivity index (χ0n) is 22.8. The van der Waals surface area contributed by atoms with Gasteiger partial charge in [-0.15, -0.1) is 0 Å². The number of fused-ring (bicyclic) bond motifs is 1. The fourth-order valence-electron chi connectivity index (χ4n) is 5.16. The lowest BCUT2D eigenvalue weighted by molar-refractivity contribution is -0.144. The number of hydrogen-bond acceptors (Lipinski definition) is 7. The zero-order valence-corrected chi connectivity index (χ0v) is 22.8. The largest absolute Gasteiger partial charge is 0.508 e. The molecule has 2 aromatic carbocycles. The summed E-state index contributed by atoms with van der Waals surface area (Å²) < 4.78 is 0. The normalized spacial score (nSPS) is 16.9. The van der Waals surface area contributed by atoms with Gasteiger partial charge in [0.15, 0.2) is 0 Å². The third-order valence-corrected chi connectivity index (χ3v) is 7.30. The Hall–Kier alpha value is -4.91. The maximum absolute atomic E-state index is 13.5. The lowest BCUT2D eigenvalue weighted by Gasteiger charge is -2.28. The van der Waals surface area contributed by atoms with Crippen molar-refractivity contribution in [1.82, 2.24) is 20.5 Å². The average Bonchev–Trinajstić information content (AvgIpc) is 3.60. The molecule has 3 aromatic rings. The molecule has 2 heterocycles. The number of aromatic nitrogens is 1. The van der Waals surface area contributed by atoms with Gasteiger partial charge in [0.05, 0.1) is 12.5 Å². The molecule has 13 heteroatoms. The van der Waals surface area contributed by atoms with Gasteiger partial charge in [-0.3, -0.25) is 19.2 Å². The molecule has 0 aliphatic carbocycles. The highest BCUT2D eigenvalue weighted by molar-refractivity contribution is 5.96. The molecule has 1 aromatic heterocycles. The molecule has 0 saturated carbocycles. The minimum absolute atomic E-state index is 0.00549. The molecule has 13 nitrogen and oxygen atoms in total. The van der Waals surface area contributed by atoms with Crippen LogP contribution in [0.5, 0.6) is 5.75 Å². The van der Waals surface area contributed by atoms with E-state index < -0.39 is 60.2 Å². The van der Waals surface area contributed by atoms with Crippen molar-refractivity contribution in [2.45, 2.75) is 56.3 Å². The zero-order chi connectivity index (χ0) is 30.4. The van der Waals surface area contributed by atoms with Crippen molar-refractivity contribution >= 4 is 40.5 Å². The summed E-state index contributed by atoms with van der Waals surface area (Å²) in [6, 6.07) is 9.04. The first kappa shape index (κ1) is 30.1. The summed E-state index contributed by atoms with van der Waals surface area (Å²) in [5, 5.41) is 24.8. The molecule has 0 bridgehead atoms. The minimum Gasteiger partial charge on any atom is -0.508 e. The summed E-state index contributed by atoms with van der Waals surface area (Å²) in [7, 11) is 0. The summed E-state index contributed by atoms with van der Waals surface area (Å²) in [6.45, 7) is 0.305. The molecule has 1 aliphatic heterocycles. The Morgan fingerprint density at radius 3 is 2.40 bits per heavy atom. The number of aromatic hydroxyl groups is 1. The van der Waals surface area contributed by atoms with E-state index in [1.165, 1.54) is 17.0 Å². The number of para-hydroxylation sites is 1. The van der Waals surface area contributed by atoms with E-state index in [1.807, 2.05) is 24.3 Å². The Labute approximate surface area is 241 Å². The van der Waals surface area contributed by atoms with Crippen LogP contribution in [-0.2, 0) is 36.8 Å². The van der Waals surface area contributed by atoms with E-state index in [-0.39, 0.29) is 18.6 Å². The Bertz CT molecular complexity index is 1470. The number of carboxylic acid groups (broad SMARTS) is 1. The Morgan fingerprint density at radius 2 is 1.71 bits per heavy atom. The second-order valence-electron chi connectivity index (χ2n) is 10.4. The monoisotopic (exact) mass is 578 g/mol. The minimum atomic E-state index is -1.58. The van der Waals surface area contributed by atoms with Crippen LogP contribution in [0.3, 0.4) is 0 Å². The van der Waals surface area contributed by atoms with Gasteiger partial charge < -0.3 is 42.2 Å². The third kappa shape index (κ3) is 7.23. The number of rotatable bonds is 12. The van der Waals surface area contributed by atoms with Gasteiger partial charge in [-0.05, 0) is 48.6 Å². The molecular weight excluding hydrogens is 544 g/mol. The second-order valence-corrected chi connectivity index (χ2v) is 10.4. The second kappa shape index (κ2) is 13.2. The molecule has 0 spiro atoms. The van der Waals surface area contributed by atoms with Gasteiger partial charge in [-0.25, -0.2) is 4.79 Å². The van der Waals surface area contributed by atoms with Crippen LogP contribution in [0.2, 0.25) is 0 Å². The third-order valence-electron chi connectivity index (χ3n) is 7.30. The molecule has 4 rings (SSSR count). The number of amides is 4. The lowest BCUT2D eigenvalue weighted by Crippen LogP contribution is -2.57. The number of benzene rings is 2. The molecule has 4 atom stereocenters. The number of likely N-dealkylation sites (tertiary alicyclic amines) is 1. The highest BCUT2D eigenvalue weighted by atomic mass is 16.4. The molecule has 1 fully saturated rings. The van der Waals surface area contributed by atoms with Crippen LogP contribution < -0.4 is 22.1 Å².